The molecule has 0 amide bonds. The molecular weight excluding hydrogens is 952 g/mol. The molecule has 2 aromatic heterocycles. The van der Waals surface area contributed by atoms with E-state index in [-0.39, 0.29) is 10.8 Å². The second-order valence-electron chi connectivity index (χ2n) is 19.5. The van der Waals surface area contributed by atoms with Gasteiger partial charge in [0.05, 0.1) is 0 Å². The summed E-state index contributed by atoms with van der Waals surface area (Å²) in [6.45, 7) is 14.7. The summed E-state index contributed by atoms with van der Waals surface area (Å²) >= 11 is 2.54. The summed E-state index contributed by atoms with van der Waals surface area (Å²) in [5, 5.41) is 0. The summed E-state index contributed by atoms with van der Waals surface area (Å²) in [5.41, 5.74) is 14.4. The predicted molar refractivity (Wildman–Crippen MR) is 257 cm³/mol. The number of ether oxygens (including phenoxy) is 1. The molecule has 0 radical (unpaired) electrons. The van der Waals surface area contributed by atoms with Crippen LogP contribution in [0.2, 0.25) is 0 Å². The number of nitrogens with zero attached hydrogens (tertiary/aromatic N) is 4. The van der Waals surface area contributed by atoms with E-state index in [1.165, 1.54) is 70.3 Å². The van der Waals surface area contributed by atoms with Crippen molar-refractivity contribution in [1.29, 1.82) is 0 Å². The van der Waals surface area contributed by atoms with Gasteiger partial charge in [0.2, 0.25) is 0 Å². The number of rotatable bonds is 7. The maximum atomic E-state index is 6.88. The van der Waals surface area contributed by atoms with Crippen LogP contribution in [0, 0.1) is 9.72 Å². The van der Waals surface area contributed by atoms with E-state index in [9.17, 15) is 0 Å². The molecule has 0 N–H and O–H groups in total. The van der Waals surface area contributed by atoms with Gasteiger partial charge in [-0.05, 0) is 23.5 Å². The van der Waals surface area contributed by atoms with Crippen LogP contribution < -0.4 is 9.64 Å². The van der Waals surface area contributed by atoms with E-state index in [1.54, 1.807) is 0 Å². The van der Waals surface area contributed by atoms with Gasteiger partial charge in [-0.2, -0.15) is 0 Å². The van der Waals surface area contributed by atoms with E-state index >= 15 is 0 Å². The Balaban J connectivity index is 1.09. The third-order valence-electron chi connectivity index (χ3n) is 13.3. The molecular formula is C57H56N4OPt. The van der Waals surface area contributed by atoms with Crippen molar-refractivity contribution < 1.29 is 24.1 Å². The molecule has 6 heteroatoms. The molecule has 2 unspecified atom stereocenters. The fourth-order valence-corrected chi connectivity index (χ4v) is 11.0. The summed E-state index contributed by atoms with van der Waals surface area (Å²) < 4.78 is 12.8. The first-order chi connectivity index (χ1) is 30.4. The molecule has 0 spiro atoms. The molecule has 8 aromatic rings. The van der Waals surface area contributed by atoms with Gasteiger partial charge in [0.25, 0.3) is 0 Å². The normalized spacial score (nSPS) is 16.5. The van der Waals surface area contributed by atoms with E-state index in [4.69, 9.17) is 9.72 Å². The molecule has 1 fully saturated rings. The quantitative estimate of drug-likeness (QED) is 0.160. The second-order valence-corrected chi connectivity index (χ2v) is 20.6. The van der Waals surface area contributed by atoms with Crippen LogP contribution in [-0.2, 0) is 30.2 Å². The third kappa shape index (κ3) is 7.84. The monoisotopic (exact) mass is 1010 g/mol. The van der Waals surface area contributed by atoms with Crippen molar-refractivity contribution in [2.24, 2.45) is 5.92 Å². The molecule has 6 aromatic carbocycles. The van der Waals surface area contributed by atoms with Crippen molar-refractivity contribution >= 4 is 22.5 Å². The van der Waals surface area contributed by atoms with Crippen LogP contribution in [0.15, 0.2) is 158 Å². The topological polar surface area (TPSA) is 35.2 Å². The molecule has 2 atom stereocenters. The summed E-state index contributed by atoms with van der Waals surface area (Å²) in [6, 6.07) is 55.1. The zero-order valence-electron chi connectivity index (χ0n) is 37.2. The Labute approximate surface area is 383 Å². The van der Waals surface area contributed by atoms with Crippen molar-refractivity contribution in [3.8, 4) is 45.1 Å². The average molecular weight is 1010 g/mol. The van der Waals surface area contributed by atoms with Crippen molar-refractivity contribution in [3.63, 3.8) is 0 Å². The fourth-order valence-electron chi connectivity index (χ4n) is 9.93. The average Bonchev–Trinajstić information content (AvgIpc) is 3.59. The molecule has 63 heavy (non-hydrogen) atoms. The van der Waals surface area contributed by atoms with E-state index in [0.29, 0.717) is 11.8 Å². The Kier molecular flexibility index (Phi) is 10.7. The first-order valence-electron chi connectivity index (χ1n) is 22.6. The van der Waals surface area contributed by atoms with Gasteiger partial charge in [0, 0.05) is 6.20 Å². The molecule has 1 aliphatic heterocycles. The maximum absolute atomic E-state index is 6.88. The molecule has 0 bridgehead atoms. The van der Waals surface area contributed by atoms with E-state index < -0.39 is 0 Å². The van der Waals surface area contributed by atoms with Gasteiger partial charge < -0.3 is 0 Å². The molecule has 1 saturated carbocycles. The molecule has 10 rings (SSSR count). The molecule has 2 aliphatic rings. The number of benzene rings is 6. The van der Waals surface area contributed by atoms with E-state index in [2.05, 4.69) is 227 Å². The SMILES string of the molecule is CC(C)(C)c1ccnc(N2CC3CCCCC3c3ccc(Oc4cccc(-n5[c](=[Pt])n(-c6c(-c7ccccc7)cc(C(C)(C)C)cc6-c6ccccc6)c6ccccc65)c4)cc32)c1. The number of fused-ring (bicyclic) bond motifs is 4. The number of pyridine rings is 1. The zero-order chi connectivity index (χ0) is 43.5. The van der Waals surface area contributed by atoms with Gasteiger partial charge >= 0.3 is 322 Å². The van der Waals surface area contributed by atoms with E-state index in [0.717, 1.165) is 50.1 Å². The number of hydrogen-bond donors (Lipinski definition) is 0. The van der Waals surface area contributed by atoms with Crippen LogP contribution in [0.5, 0.6) is 11.5 Å². The molecule has 320 valence electrons. The van der Waals surface area contributed by atoms with E-state index in [1.807, 2.05) is 6.20 Å². The van der Waals surface area contributed by atoms with Crippen LogP contribution in [0.3, 0.4) is 0 Å². The van der Waals surface area contributed by atoms with Crippen molar-refractivity contribution in [2.45, 2.75) is 84.0 Å². The summed E-state index contributed by atoms with van der Waals surface area (Å²) in [6.07, 6.45) is 7.09. The van der Waals surface area contributed by atoms with Crippen LogP contribution in [0.4, 0.5) is 11.5 Å². The number of hydrogen-bond acceptors (Lipinski definition) is 3. The van der Waals surface area contributed by atoms with Gasteiger partial charge in [0.15, 0.2) is 0 Å². The standard InChI is InChI=1S/C57H56N4O.Pt/c1-56(2,3)42-30-31-58-54(34-42)59-37-41-22-13-14-25-47(41)48-29-28-46(36-53(48)59)62-45-24-17-23-44(35-45)60-38-61(52-27-16-15-26-51(52)60)55-49(39-18-9-7-10-19-39)32-43(57(4,5)6)33-50(55)40-20-11-8-12-21-40;/h7-12,15-21,23-24,26-36,41,47H,13-14,22,25,37H2,1-6H3;. The Morgan fingerprint density at radius 2 is 1.21 bits per heavy atom. The van der Waals surface area contributed by atoms with Crippen LogP contribution >= 0.6 is 0 Å². The first-order valence-corrected chi connectivity index (χ1v) is 23.7. The number of anilines is 2. The summed E-state index contributed by atoms with van der Waals surface area (Å²) in [4.78, 5) is 7.44. The van der Waals surface area contributed by atoms with Crippen LogP contribution in [0.1, 0.15) is 89.8 Å². The summed E-state index contributed by atoms with van der Waals surface area (Å²) in [7, 11) is 0. The zero-order valence-corrected chi connectivity index (χ0v) is 39.5. The van der Waals surface area contributed by atoms with Crippen molar-refractivity contribution in [3.05, 3.63) is 178 Å². The predicted octanol–water partition coefficient (Wildman–Crippen LogP) is 15.0. The minimum atomic E-state index is -0.0547. The summed E-state index contributed by atoms with van der Waals surface area (Å²) in [5.74, 6) is 3.84. The Bertz CT molecular complexity index is 2960. The molecule has 0 saturated heterocycles. The molecule has 5 nitrogen and oxygen atoms in total. The van der Waals surface area contributed by atoms with Gasteiger partial charge in [-0.25, -0.2) is 0 Å². The van der Waals surface area contributed by atoms with Gasteiger partial charge in [0.1, 0.15) is 0 Å². The molecule has 1 aliphatic carbocycles. The minimum absolute atomic E-state index is 0.0348. The Morgan fingerprint density at radius 3 is 1.87 bits per heavy atom. The third-order valence-corrected chi connectivity index (χ3v) is 14.3. The van der Waals surface area contributed by atoms with Crippen LogP contribution in [-0.4, -0.2) is 20.7 Å². The van der Waals surface area contributed by atoms with Gasteiger partial charge in [-0.3, -0.25) is 0 Å². The number of imidazole rings is 1. The van der Waals surface area contributed by atoms with Crippen LogP contribution in [0.25, 0.3) is 44.7 Å². The number of para-hydroxylation sites is 2. The second kappa shape index (κ2) is 16.4. The van der Waals surface area contributed by atoms with Crippen molar-refractivity contribution in [2.75, 3.05) is 11.4 Å². The first kappa shape index (κ1) is 41.3. The number of aromatic nitrogens is 3. The van der Waals surface area contributed by atoms with Gasteiger partial charge in [-0.15, -0.1) is 0 Å². The fraction of sp³-hybridized carbons (Fsp3) is 0.263. The molecule has 3 heterocycles. The Hall–Kier alpha value is -5.77. The van der Waals surface area contributed by atoms with Crippen molar-refractivity contribution in [1.82, 2.24) is 14.1 Å². The Morgan fingerprint density at radius 1 is 0.587 bits per heavy atom. The van der Waals surface area contributed by atoms with Gasteiger partial charge in [-0.1, -0.05) is 33.6 Å².